The number of benzene rings is 4. The molecule has 7 nitrogen and oxygen atoms in total. The average Bonchev–Trinajstić information content (AvgIpc) is 3.10. The summed E-state index contributed by atoms with van der Waals surface area (Å²) in [4.78, 5) is 12.8. The molecular formula is C39H42O7. The van der Waals surface area contributed by atoms with Gasteiger partial charge in [-0.1, -0.05) is 115 Å². The molecule has 7 heteroatoms. The predicted octanol–water partition coefficient (Wildman–Crippen LogP) is 7.38. The summed E-state index contributed by atoms with van der Waals surface area (Å²) in [5.74, 6) is -0.00235. The molecule has 1 saturated heterocycles. The van der Waals surface area contributed by atoms with Crippen LogP contribution >= 0.6 is 0 Å². The van der Waals surface area contributed by atoms with Crippen molar-refractivity contribution in [2.45, 2.75) is 63.5 Å². The van der Waals surface area contributed by atoms with Gasteiger partial charge in [0.05, 0.1) is 32.0 Å². The van der Waals surface area contributed by atoms with Crippen LogP contribution in [0.5, 0.6) is 5.75 Å². The Kier molecular flexibility index (Phi) is 12.5. The van der Waals surface area contributed by atoms with Crippen molar-refractivity contribution < 1.29 is 33.6 Å². The van der Waals surface area contributed by atoms with Crippen molar-refractivity contribution >= 4 is 5.97 Å². The number of aliphatic hydroxyl groups is 1. The van der Waals surface area contributed by atoms with Crippen LogP contribution in [-0.4, -0.2) is 43.1 Å². The fourth-order valence-corrected chi connectivity index (χ4v) is 5.51. The highest BCUT2D eigenvalue weighted by atomic mass is 16.7. The van der Waals surface area contributed by atoms with Crippen LogP contribution in [0.4, 0.5) is 0 Å². The first-order valence-corrected chi connectivity index (χ1v) is 15.8. The third kappa shape index (κ3) is 9.86. The number of esters is 1. The van der Waals surface area contributed by atoms with E-state index in [1.165, 1.54) is 7.11 Å². The van der Waals surface area contributed by atoms with Gasteiger partial charge in [0.25, 0.3) is 0 Å². The molecule has 1 N–H and O–H groups in total. The monoisotopic (exact) mass is 622 g/mol. The fraction of sp³-hybridized carbons (Fsp3) is 0.308. The molecule has 5 rings (SSSR count). The number of carbonyl (C=O) groups is 1. The minimum Gasteiger partial charge on any atom is -0.488 e. The molecule has 0 unspecified atom stereocenters. The molecule has 4 aromatic carbocycles. The van der Waals surface area contributed by atoms with Gasteiger partial charge in [-0.25, -0.2) is 4.79 Å². The Hall–Kier alpha value is -4.27. The SMILES string of the molecule is COC(=O)c1c(C/C=C/[C@H](O)C[C@@H]2C[C@H](CCOCc3ccccc3)O[C@H](c3ccccc3)O2)cccc1OCc1ccccc1. The van der Waals surface area contributed by atoms with Gasteiger partial charge in [0.15, 0.2) is 6.29 Å². The van der Waals surface area contributed by atoms with E-state index in [1.54, 1.807) is 12.1 Å². The zero-order chi connectivity index (χ0) is 32.0. The van der Waals surface area contributed by atoms with Crippen LogP contribution < -0.4 is 4.74 Å². The molecule has 46 heavy (non-hydrogen) atoms. The maximum absolute atomic E-state index is 12.8. The number of hydrogen-bond acceptors (Lipinski definition) is 7. The minimum atomic E-state index is -0.742. The summed E-state index contributed by atoms with van der Waals surface area (Å²) < 4.78 is 29.7. The standard InChI is InChI=1S/C39H42O7/c1-42-38(41)37-31(20-12-22-36(37)44-28-30-15-7-3-8-16-30)19-11-21-33(40)25-35-26-34(23-24-43-27-29-13-5-2-6-14-29)45-39(46-35)32-17-9-4-10-18-32/h2-18,20-22,33-35,39-40H,19,23-28H2,1H3/b21-11+/t33-,34-,35+,39-/m0/s1. The van der Waals surface area contributed by atoms with Gasteiger partial charge in [-0.3, -0.25) is 0 Å². The van der Waals surface area contributed by atoms with Crippen LogP contribution in [-0.2, 0) is 38.6 Å². The van der Waals surface area contributed by atoms with Gasteiger partial charge >= 0.3 is 5.97 Å². The Morgan fingerprint density at radius 2 is 1.50 bits per heavy atom. The third-order valence-corrected chi connectivity index (χ3v) is 7.86. The molecule has 0 spiro atoms. The molecule has 0 bridgehead atoms. The Morgan fingerprint density at radius 3 is 2.20 bits per heavy atom. The Balaban J connectivity index is 1.19. The number of ether oxygens (including phenoxy) is 5. The lowest BCUT2D eigenvalue weighted by Crippen LogP contribution is -2.36. The summed E-state index contributed by atoms with van der Waals surface area (Å²) in [6.45, 7) is 1.45. The van der Waals surface area contributed by atoms with Gasteiger partial charge in [0.1, 0.15) is 17.9 Å². The van der Waals surface area contributed by atoms with Gasteiger partial charge in [-0.2, -0.15) is 0 Å². The zero-order valence-corrected chi connectivity index (χ0v) is 26.2. The maximum Gasteiger partial charge on any atom is 0.341 e. The summed E-state index contributed by atoms with van der Waals surface area (Å²) >= 11 is 0. The second-order valence-corrected chi connectivity index (χ2v) is 11.3. The van der Waals surface area contributed by atoms with E-state index in [1.807, 2.05) is 109 Å². The quantitative estimate of drug-likeness (QED) is 0.0841. The van der Waals surface area contributed by atoms with E-state index in [-0.39, 0.29) is 12.2 Å². The van der Waals surface area contributed by atoms with Crippen LogP contribution in [0.1, 0.15) is 58.2 Å². The van der Waals surface area contributed by atoms with Crippen molar-refractivity contribution in [3.05, 3.63) is 149 Å². The predicted molar refractivity (Wildman–Crippen MR) is 176 cm³/mol. The van der Waals surface area contributed by atoms with Gasteiger partial charge < -0.3 is 28.8 Å². The molecule has 1 fully saturated rings. The Morgan fingerprint density at radius 1 is 0.848 bits per heavy atom. The van der Waals surface area contributed by atoms with Gasteiger partial charge in [0, 0.05) is 25.0 Å². The van der Waals surface area contributed by atoms with Gasteiger partial charge in [0.2, 0.25) is 0 Å². The summed E-state index contributed by atoms with van der Waals surface area (Å²) in [7, 11) is 1.36. The smallest absolute Gasteiger partial charge is 0.341 e. The fourth-order valence-electron chi connectivity index (χ4n) is 5.51. The molecule has 0 saturated carbocycles. The lowest BCUT2D eigenvalue weighted by atomic mass is 9.99. The first-order chi connectivity index (χ1) is 22.6. The van der Waals surface area contributed by atoms with Crippen LogP contribution in [0.2, 0.25) is 0 Å². The first kappa shape index (κ1) is 33.1. The minimum absolute atomic E-state index is 0.0721. The number of allylic oxidation sites excluding steroid dienone is 1. The lowest BCUT2D eigenvalue weighted by molar-refractivity contribution is -0.253. The molecule has 0 aliphatic carbocycles. The highest BCUT2D eigenvalue weighted by molar-refractivity contribution is 5.94. The second-order valence-electron chi connectivity index (χ2n) is 11.3. The van der Waals surface area contributed by atoms with Crippen molar-refractivity contribution in [1.29, 1.82) is 0 Å². The van der Waals surface area contributed by atoms with Crippen LogP contribution in [0.25, 0.3) is 0 Å². The van der Waals surface area contributed by atoms with E-state index >= 15 is 0 Å². The number of methoxy groups -OCH3 is 1. The van der Waals surface area contributed by atoms with Crippen LogP contribution in [0.3, 0.4) is 0 Å². The number of aliphatic hydroxyl groups excluding tert-OH is 1. The molecular weight excluding hydrogens is 580 g/mol. The van der Waals surface area contributed by atoms with Crippen molar-refractivity contribution in [2.24, 2.45) is 0 Å². The molecule has 0 radical (unpaired) electrons. The normalized spacial score (nSPS) is 18.7. The van der Waals surface area contributed by atoms with E-state index in [9.17, 15) is 9.90 Å². The van der Waals surface area contributed by atoms with E-state index in [2.05, 4.69) is 0 Å². The van der Waals surface area contributed by atoms with Gasteiger partial charge in [-0.05, 0) is 35.6 Å². The second kappa shape index (κ2) is 17.4. The van der Waals surface area contributed by atoms with Crippen LogP contribution in [0.15, 0.2) is 121 Å². The van der Waals surface area contributed by atoms with E-state index in [0.717, 1.165) is 28.7 Å². The van der Waals surface area contributed by atoms with E-state index in [0.29, 0.717) is 50.4 Å². The van der Waals surface area contributed by atoms with E-state index < -0.39 is 18.4 Å². The lowest BCUT2D eigenvalue weighted by Gasteiger charge is -2.36. The highest BCUT2D eigenvalue weighted by Gasteiger charge is 2.32. The average molecular weight is 623 g/mol. The zero-order valence-electron chi connectivity index (χ0n) is 26.2. The topological polar surface area (TPSA) is 83.5 Å². The number of rotatable bonds is 15. The highest BCUT2D eigenvalue weighted by Crippen LogP contribution is 2.33. The van der Waals surface area contributed by atoms with E-state index in [4.69, 9.17) is 23.7 Å². The Bertz CT molecular complexity index is 1510. The summed E-state index contributed by atoms with van der Waals surface area (Å²) in [5, 5.41) is 11.0. The van der Waals surface area contributed by atoms with Crippen molar-refractivity contribution in [3.63, 3.8) is 0 Å². The molecule has 0 aromatic heterocycles. The molecule has 240 valence electrons. The largest absolute Gasteiger partial charge is 0.488 e. The van der Waals surface area contributed by atoms with Crippen LogP contribution in [0, 0.1) is 0 Å². The van der Waals surface area contributed by atoms with Crippen molar-refractivity contribution in [1.82, 2.24) is 0 Å². The summed E-state index contributed by atoms with van der Waals surface area (Å²) in [6.07, 6.45) is 4.29. The van der Waals surface area contributed by atoms with Crippen molar-refractivity contribution in [2.75, 3.05) is 13.7 Å². The molecule has 1 aliphatic heterocycles. The molecule has 4 atom stereocenters. The maximum atomic E-state index is 12.8. The number of hydrogen-bond donors (Lipinski definition) is 1. The molecule has 1 aliphatic rings. The van der Waals surface area contributed by atoms with Gasteiger partial charge in [-0.15, -0.1) is 0 Å². The number of carbonyl (C=O) groups excluding carboxylic acids is 1. The molecule has 1 heterocycles. The Labute approximate surface area is 271 Å². The first-order valence-electron chi connectivity index (χ1n) is 15.8. The molecule has 4 aromatic rings. The van der Waals surface area contributed by atoms with Crippen molar-refractivity contribution in [3.8, 4) is 5.75 Å². The summed E-state index contributed by atoms with van der Waals surface area (Å²) in [5.41, 5.74) is 4.21. The molecule has 0 amide bonds. The third-order valence-electron chi connectivity index (χ3n) is 7.86. The summed E-state index contributed by atoms with van der Waals surface area (Å²) in [6, 6.07) is 35.2.